The third kappa shape index (κ3) is 3.90. The van der Waals surface area contributed by atoms with Crippen molar-refractivity contribution < 1.29 is 9.53 Å². The van der Waals surface area contributed by atoms with Crippen molar-refractivity contribution in [1.82, 2.24) is 4.90 Å². The van der Waals surface area contributed by atoms with Gasteiger partial charge in [0.2, 0.25) is 5.91 Å². The zero-order valence-corrected chi connectivity index (χ0v) is 9.77. The van der Waals surface area contributed by atoms with E-state index in [2.05, 4.69) is 0 Å². The Hall–Kier alpha value is -1.55. The van der Waals surface area contributed by atoms with E-state index in [9.17, 15) is 4.79 Å². The van der Waals surface area contributed by atoms with Crippen LogP contribution in [0.3, 0.4) is 0 Å². The number of rotatable bonds is 5. The number of carbonyl (C=O) groups is 1. The van der Waals surface area contributed by atoms with Gasteiger partial charge in [0, 0.05) is 20.6 Å². The van der Waals surface area contributed by atoms with E-state index in [1.54, 1.807) is 19.0 Å². The Bertz CT molecular complexity index is 351. The fraction of sp³-hybridized carbons (Fsp3) is 0.417. The van der Waals surface area contributed by atoms with Gasteiger partial charge >= 0.3 is 0 Å². The second kappa shape index (κ2) is 6.12. The molecule has 2 N–H and O–H groups in total. The lowest BCUT2D eigenvalue weighted by atomic mass is 10.2. The van der Waals surface area contributed by atoms with Crippen LogP contribution in [-0.2, 0) is 11.3 Å². The maximum atomic E-state index is 11.3. The number of carbonyl (C=O) groups excluding carboxylic acids is 1. The second-order valence-corrected chi connectivity index (χ2v) is 3.74. The van der Waals surface area contributed by atoms with E-state index in [-0.39, 0.29) is 5.91 Å². The molecule has 0 heterocycles. The summed E-state index contributed by atoms with van der Waals surface area (Å²) in [7, 11) is 3.47. The van der Waals surface area contributed by atoms with Gasteiger partial charge < -0.3 is 15.4 Å². The number of hydrogen-bond acceptors (Lipinski definition) is 3. The number of nitrogens with two attached hydrogens (primary N) is 1. The first-order valence-electron chi connectivity index (χ1n) is 5.25. The van der Waals surface area contributed by atoms with E-state index in [0.29, 0.717) is 19.6 Å². The molecule has 1 aromatic rings. The smallest absolute Gasteiger partial charge is 0.225 e. The Morgan fingerprint density at radius 2 is 2.19 bits per heavy atom. The molecule has 4 heteroatoms. The van der Waals surface area contributed by atoms with Crippen LogP contribution in [0.5, 0.6) is 5.75 Å². The van der Waals surface area contributed by atoms with Gasteiger partial charge in [0.15, 0.2) is 0 Å². The molecule has 0 aromatic heterocycles. The Labute approximate surface area is 96.0 Å². The van der Waals surface area contributed by atoms with Gasteiger partial charge in [-0.2, -0.15) is 0 Å². The number of amides is 1. The Kier molecular flexibility index (Phi) is 4.79. The van der Waals surface area contributed by atoms with E-state index in [0.717, 1.165) is 11.3 Å². The van der Waals surface area contributed by atoms with Crippen molar-refractivity contribution in [3.8, 4) is 5.75 Å². The average molecular weight is 222 g/mol. The minimum atomic E-state index is 0.0648. The molecule has 16 heavy (non-hydrogen) atoms. The van der Waals surface area contributed by atoms with Crippen LogP contribution in [0.2, 0.25) is 0 Å². The monoisotopic (exact) mass is 222 g/mol. The van der Waals surface area contributed by atoms with Crippen LogP contribution in [0.25, 0.3) is 0 Å². The molecule has 0 saturated carbocycles. The second-order valence-electron chi connectivity index (χ2n) is 3.74. The standard InChI is InChI=1S/C12H18N2O2/c1-14(2)12(15)6-7-16-11-5-3-4-10(8-11)9-13/h3-5,8H,6-7,9,13H2,1-2H3. The molecule has 1 aromatic carbocycles. The largest absolute Gasteiger partial charge is 0.493 e. The van der Waals surface area contributed by atoms with E-state index in [1.165, 1.54) is 0 Å². The summed E-state index contributed by atoms with van der Waals surface area (Å²) in [5.41, 5.74) is 6.54. The van der Waals surface area contributed by atoms with Crippen molar-refractivity contribution in [3.63, 3.8) is 0 Å². The van der Waals surface area contributed by atoms with Crippen LogP contribution in [0.15, 0.2) is 24.3 Å². The topological polar surface area (TPSA) is 55.6 Å². The number of nitrogens with zero attached hydrogens (tertiary/aromatic N) is 1. The zero-order chi connectivity index (χ0) is 12.0. The summed E-state index contributed by atoms with van der Waals surface area (Å²) < 4.78 is 5.47. The van der Waals surface area contributed by atoms with Gasteiger partial charge in [-0.1, -0.05) is 12.1 Å². The van der Waals surface area contributed by atoms with E-state index in [1.807, 2.05) is 24.3 Å². The third-order valence-corrected chi connectivity index (χ3v) is 2.22. The molecule has 0 bridgehead atoms. The molecular formula is C12H18N2O2. The molecule has 0 aliphatic carbocycles. The van der Waals surface area contributed by atoms with Crippen LogP contribution in [0.4, 0.5) is 0 Å². The fourth-order valence-electron chi connectivity index (χ4n) is 1.24. The van der Waals surface area contributed by atoms with E-state index in [4.69, 9.17) is 10.5 Å². The summed E-state index contributed by atoms with van der Waals surface area (Å²) in [5, 5.41) is 0. The first-order chi connectivity index (χ1) is 7.63. The summed E-state index contributed by atoms with van der Waals surface area (Å²) in [6.45, 7) is 0.888. The van der Waals surface area contributed by atoms with E-state index >= 15 is 0 Å². The van der Waals surface area contributed by atoms with Crippen molar-refractivity contribution in [2.75, 3.05) is 20.7 Å². The summed E-state index contributed by atoms with van der Waals surface area (Å²) >= 11 is 0. The Balaban J connectivity index is 2.40. The molecule has 0 atom stereocenters. The summed E-state index contributed by atoms with van der Waals surface area (Å²) in [6, 6.07) is 7.59. The molecule has 0 unspecified atom stereocenters. The molecule has 1 rings (SSSR count). The van der Waals surface area contributed by atoms with Gasteiger partial charge in [0.1, 0.15) is 5.75 Å². The minimum absolute atomic E-state index is 0.0648. The first kappa shape index (κ1) is 12.5. The maximum Gasteiger partial charge on any atom is 0.225 e. The molecule has 4 nitrogen and oxygen atoms in total. The van der Waals surface area contributed by atoms with Crippen LogP contribution < -0.4 is 10.5 Å². The molecular weight excluding hydrogens is 204 g/mol. The molecule has 0 aliphatic heterocycles. The molecule has 0 saturated heterocycles. The molecule has 88 valence electrons. The van der Waals surface area contributed by atoms with E-state index < -0.39 is 0 Å². The average Bonchev–Trinajstić information content (AvgIpc) is 2.29. The normalized spacial score (nSPS) is 9.94. The van der Waals surface area contributed by atoms with Crippen LogP contribution in [-0.4, -0.2) is 31.5 Å². The van der Waals surface area contributed by atoms with Crippen LogP contribution in [0, 0.1) is 0 Å². The van der Waals surface area contributed by atoms with Crippen molar-refractivity contribution in [2.45, 2.75) is 13.0 Å². The number of benzene rings is 1. The predicted molar refractivity (Wildman–Crippen MR) is 63.1 cm³/mol. The fourth-order valence-corrected chi connectivity index (χ4v) is 1.24. The SMILES string of the molecule is CN(C)C(=O)CCOc1cccc(CN)c1. The highest BCUT2D eigenvalue weighted by Gasteiger charge is 2.03. The van der Waals surface area contributed by atoms with Gasteiger partial charge in [-0.25, -0.2) is 0 Å². The highest BCUT2D eigenvalue weighted by atomic mass is 16.5. The molecule has 1 amide bonds. The van der Waals surface area contributed by atoms with Crippen molar-refractivity contribution in [2.24, 2.45) is 5.73 Å². The highest BCUT2D eigenvalue weighted by molar-refractivity contribution is 5.75. The van der Waals surface area contributed by atoms with Crippen molar-refractivity contribution >= 4 is 5.91 Å². The zero-order valence-electron chi connectivity index (χ0n) is 9.77. The summed E-state index contributed by atoms with van der Waals surface area (Å²) in [6.07, 6.45) is 0.389. The van der Waals surface area contributed by atoms with Gasteiger partial charge in [0.05, 0.1) is 13.0 Å². The van der Waals surface area contributed by atoms with Crippen molar-refractivity contribution in [3.05, 3.63) is 29.8 Å². The molecule has 0 fully saturated rings. The third-order valence-electron chi connectivity index (χ3n) is 2.22. The van der Waals surface area contributed by atoms with Crippen LogP contribution in [0.1, 0.15) is 12.0 Å². The van der Waals surface area contributed by atoms with Crippen molar-refractivity contribution in [1.29, 1.82) is 0 Å². The Morgan fingerprint density at radius 1 is 1.44 bits per heavy atom. The van der Waals surface area contributed by atoms with Gasteiger partial charge in [0.25, 0.3) is 0 Å². The predicted octanol–water partition coefficient (Wildman–Crippen LogP) is 1.00. The first-order valence-corrected chi connectivity index (χ1v) is 5.25. The van der Waals surface area contributed by atoms with Crippen LogP contribution >= 0.6 is 0 Å². The minimum Gasteiger partial charge on any atom is -0.493 e. The molecule has 0 spiro atoms. The number of hydrogen-bond donors (Lipinski definition) is 1. The lowest BCUT2D eigenvalue weighted by Gasteiger charge is -2.11. The summed E-state index contributed by atoms with van der Waals surface area (Å²) in [4.78, 5) is 12.8. The Morgan fingerprint density at radius 3 is 2.81 bits per heavy atom. The molecule has 0 radical (unpaired) electrons. The quantitative estimate of drug-likeness (QED) is 0.808. The summed E-state index contributed by atoms with van der Waals surface area (Å²) in [5.74, 6) is 0.824. The van der Waals surface area contributed by atoms with Gasteiger partial charge in [-0.3, -0.25) is 4.79 Å². The highest BCUT2D eigenvalue weighted by Crippen LogP contribution is 2.12. The lowest BCUT2D eigenvalue weighted by molar-refractivity contribution is -0.129. The lowest BCUT2D eigenvalue weighted by Crippen LogP contribution is -2.23. The maximum absolute atomic E-state index is 11.3. The molecule has 0 aliphatic rings. The van der Waals surface area contributed by atoms with Gasteiger partial charge in [-0.15, -0.1) is 0 Å². The number of ether oxygens (including phenoxy) is 1. The van der Waals surface area contributed by atoms with Gasteiger partial charge in [-0.05, 0) is 17.7 Å².